The maximum Gasteiger partial charge on any atom is 0.263 e. The molecule has 0 saturated heterocycles. The highest BCUT2D eigenvalue weighted by Crippen LogP contribution is 2.28. The van der Waals surface area contributed by atoms with Crippen LogP contribution in [0.5, 0.6) is 5.75 Å². The number of rotatable bonds is 2. The van der Waals surface area contributed by atoms with Crippen LogP contribution in [0, 0.1) is 6.92 Å². The Morgan fingerprint density at radius 2 is 2.04 bits per heavy atom. The first-order valence-corrected chi connectivity index (χ1v) is 9.11. The van der Waals surface area contributed by atoms with Gasteiger partial charge in [0.2, 0.25) is 5.95 Å². The lowest BCUT2D eigenvalue weighted by Crippen LogP contribution is -2.20. The molecule has 1 aliphatic rings. The van der Waals surface area contributed by atoms with Gasteiger partial charge in [-0.25, -0.2) is 9.97 Å². The van der Waals surface area contributed by atoms with Gasteiger partial charge in [-0.15, -0.1) is 0 Å². The van der Waals surface area contributed by atoms with E-state index in [1.54, 1.807) is 10.8 Å². The Kier molecular flexibility index (Phi) is 3.65. The van der Waals surface area contributed by atoms with Gasteiger partial charge in [-0.1, -0.05) is 6.07 Å². The minimum atomic E-state index is -0.0606. The molecule has 0 atom stereocenters. The fourth-order valence-corrected chi connectivity index (χ4v) is 3.71. The molecule has 138 valence electrons. The normalized spacial score (nSPS) is 12.8. The van der Waals surface area contributed by atoms with Crippen molar-refractivity contribution < 1.29 is 4.74 Å². The number of nitrogens with two attached hydrogens (primary N) is 1. The van der Waals surface area contributed by atoms with Crippen LogP contribution in [-0.4, -0.2) is 21.1 Å². The molecule has 0 amide bonds. The third-order valence-corrected chi connectivity index (χ3v) is 5.14. The second kappa shape index (κ2) is 6.20. The van der Waals surface area contributed by atoms with Crippen molar-refractivity contribution in [2.45, 2.75) is 13.3 Å². The number of hydrogen-bond acceptors (Lipinski definition) is 5. The molecule has 2 N–H and O–H groups in total. The summed E-state index contributed by atoms with van der Waals surface area (Å²) in [6.45, 7) is 2.64. The summed E-state index contributed by atoms with van der Waals surface area (Å²) in [6, 6.07) is 13.5. The van der Waals surface area contributed by atoms with Crippen molar-refractivity contribution in [2.24, 2.45) is 0 Å². The minimum absolute atomic E-state index is 0.0606. The molecule has 0 saturated carbocycles. The van der Waals surface area contributed by atoms with Crippen molar-refractivity contribution in [2.75, 3.05) is 12.3 Å². The average molecular weight is 370 g/mol. The lowest BCUT2D eigenvalue weighted by Gasteiger charge is -2.12. The zero-order valence-electron chi connectivity index (χ0n) is 15.3. The van der Waals surface area contributed by atoms with Crippen molar-refractivity contribution in [3.8, 4) is 22.6 Å². The van der Waals surface area contributed by atoms with Gasteiger partial charge in [-0.3, -0.25) is 9.36 Å². The van der Waals surface area contributed by atoms with Gasteiger partial charge in [0.1, 0.15) is 5.75 Å². The Hall–Kier alpha value is -3.67. The molecular formula is C22H18N4O2. The SMILES string of the molecule is Cc1ccn(-c2ccc3c(c2)CCO3)c(=O)c1-c1ccc2nc(N)ncc2c1. The molecule has 0 spiro atoms. The molecule has 0 fully saturated rings. The van der Waals surface area contributed by atoms with Crippen LogP contribution in [0.1, 0.15) is 11.1 Å². The van der Waals surface area contributed by atoms with Crippen molar-refractivity contribution in [1.29, 1.82) is 0 Å². The first-order valence-electron chi connectivity index (χ1n) is 9.11. The van der Waals surface area contributed by atoms with Crippen molar-refractivity contribution >= 4 is 16.9 Å². The molecule has 0 radical (unpaired) electrons. The summed E-state index contributed by atoms with van der Waals surface area (Å²) in [5.74, 6) is 1.14. The number of nitrogens with zero attached hydrogens (tertiary/aromatic N) is 3. The number of aryl methyl sites for hydroxylation is 1. The van der Waals surface area contributed by atoms with Gasteiger partial charge in [0.05, 0.1) is 17.7 Å². The van der Waals surface area contributed by atoms with Crippen LogP contribution in [0.25, 0.3) is 27.7 Å². The van der Waals surface area contributed by atoms with E-state index in [0.717, 1.165) is 45.5 Å². The van der Waals surface area contributed by atoms with E-state index < -0.39 is 0 Å². The number of anilines is 1. The average Bonchev–Trinajstić information content (AvgIpc) is 3.16. The van der Waals surface area contributed by atoms with E-state index in [2.05, 4.69) is 9.97 Å². The number of benzene rings is 2. The quantitative estimate of drug-likeness (QED) is 0.585. The Morgan fingerprint density at radius 3 is 2.93 bits per heavy atom. The first kappa shape index (κ1) is 16.5. The predicted molar refractivity (Wildman–Crippen MR) is 109 cm³/mol. The van der Waals surface area contributed by atoms with E-state index in [0.29, 0.717) is 12.2 Å². The number of pyridine rings is 1. The molecule has 1 aliphatic heterocycles. The number of ether oxygens (including phenoxy) is 1. The number of aromatic nitrogens is 3. The van der Waals surface area contributed by atoms with Gasteiger partial charge < -0.3 is 10.5 Å². The molecule has 3 heterocycles. The molecule has 0 unspecified atom stereocenters. The molecule has 28 heavy (non-hydrogen) atoms. The minimum Gasteiger partial charge on any atom is -0.493 e. The summed E-state index contributed by atoms with van der Waals surface area (Å²) >= 11 is 0. The summed E-state index contributed by atoms with van der Waals surface area (Å²) in [7, 11) is 0. The summed E-state index contributed by atoms with van der Waals surface area (Å²) in [4.78, 5) is 21.6. The summed E-state index contributed by atoms with van der Waals surface area (Å²) in [5, 5.41) is 0.843. The molecule has 2 aromatic carbocycles. The fraction of sp³-hybridized carbons (Fsp3) is 0.136. The van der Waals surface area contributed by atoms with E-state index in [1.165, 1.54) is 0 Å². The third kappa shape index (κ3) is 2.62. The topological polar surface area (TPSA) is 83.0 Å². The zero-order chi connectivity index (χ0) is 19.3. The van der Waals surface area contributed by atoms with Gasteiger partial charge >= 0.3 is 0 Å². The van der Waals surface area contributed by atoms with Gasteiger partial charge in [0.25, 0.3) is 5.56 Å². The first-order chi connectivity index (χ1) is 13.6. The molecular weight excluding hydrogens is 352 g/mol. The molecule has 0 bridgehead atoms. The standard InChI is InChI=1S/C22H18N4O2/c1-13-6-8-26(17-3-5-19-14(11-17)7-9-28-19)21(27)20(13)15-2-4-18-16(10-15)12-24-22(23)25-18/h2-6,8,10-12H,7,9H2,1H3,(H2,23,24,25). The number of hydrogen-bond donors (Lipinski definition) is 1. The van der Waals surface area contributed by atoms with Crippen molar-refractivity contribution in [3.05, 3.63) is 76.3 Å². The Morgan fingerprint density at radius 1 is 1.14 bits per heavy atom. The highest BCUT2D eigenvalue weighted by molar-refractivity contribution is 5.85. The summed E-state index contributed by atoms with van der Waals surface area (Å²) < 4.78 is 7.26. The van der Waals surface area contributed by atoms with Crippen LogP contribution in [0.3, 0.4) is 0 Å². The van der Waals surface area contributed by atoms with Crippen LogP contribution in [0.15, 0.2) is 59.7 Å². The van der Waals surface area contributed by atoms with Crippen LogP contribution in [0.4, 0.5) is 5.95 Å². The van der Waals surface area contributed by atoms with E-state index in [4.69, 9.17) is 10.5 Å². The maximum atomic E-state index is 13.4. The zero-order valence-corrected chi connectivity index (χ0v) is 15.3. The molecule has 6 nitrogen and oxygen atoms in total. The van der Waals surface area contributed by atoms with Crippen LogP contribution in [-0.2, 0) is 6.42 Å². The van der Waals surface area contributed by atoms with Crippen LogP contribution in [0.2, 0.25) is 0 Å². The van der Waals surface area contributed by atoms with Gasteiger partial charge in [0, 0.05) is 29.9 Å². The Balaban J connectivity index is 1.67. The molecule has 2 aromatic heterocycles. The number of fused-ring (bicyclic) bond motifs is 2. The van der Waals surface area contributed by atoms with Gasteiger partial charge in [-0.2, -0.15) is 0 Å². The monoisotopic (exact) mass is 370 g/mol. The highest BCUT2D eigenvalue weighted by Gasteiger charge is 2.15. The Bertz CT molecular complexity index is 1290. The van der Waals surface area contributed by atoms with Crippen molar-refractivity contribution in [3.63, 3.8) is 0 Å². The molecule has 0 aliphatic carbocycles. The van der Waals surface area contributed by atoms with Gasteiger partial charge in [-0.05, 0) is 60.0 Å². The molecule has 6 heteroatoms. The lowest BCUT2D eigenvalue weighted by atomic mass is 10.0. The maximum absolute atomic E-state index is 13.4. The lowest BCUT2D eigenvalue weighted by molar-refractivity contribution is 0.357. The molecule has 5 rings (SSSR count). The van der Waals surface area contributed by atoms with E-state index >= 15 is 0 Å². The Labute approximate surface area is 161 Å². The summed E-state index contributed by atoms with van der Waals surface area (Å²) in [5.41, 5.74) is 10.7. The second-order valence-electron chi connectivity index (χ2n) is 6.94. The summed E-state index contributed by atoms with van der Waals surface area (Å²) in [6.07, 6.45) is 4.37. The molecule has 4 aromatic rings. The fourth-order valence-electron chi connectivity index (χ4n) is 3.71. The van der Waals surface area contributed by atoms with Crippen LogP contribution < -0.4 is 16.0 Å². The highest BCUT2D eigenvalue weighted by atomic mass is 16.5. The predicted octanol–water partition coefficient (Wildman–Crippen LogP) is 3.27. The third-order valence-electron chi connectivity index (χ3n) is 5.14. The van der Waals surface area contributed by atoms with Crippen molar-refractivity contribution in [1.82, 2.24) is 14.5 Å². The van der Waals surface area contributed by atoms with Crippen LogP contribution >= 0.6 is 0 Å². The van der Waals surface area contributed by atoms with E-state index in [1.807, 2.05) is 55.6 Å². The second-order valence-corrected chi connectivity index (χ2v) is 6.94. The number of nitrogen functional groups attached to an aromatic ring is 1. The van der Waals surface area contributed by atoms with E-state index in [-0.39, 0.29) is 11.5 Å². The largest absolute Gasteiger partial charge is 0.493 e. The smallest absolute Gasteiger partial charge is 0.263 e. The van der Waals surface area contributed by atoms with E-state index in [9.17, 15) is 4.79 Å². The van der Waals surface area contributed by atoms with Gasteiger partial charge in [0.15, 0.2) is 0 Å².